The minimum absolute atomic E-state index is 0.0442. The van der Waals surface area contributed by atoms with Gasteiger partial charge in [-0.15, -0.1) is 23.7 Å². The van der Waals surface area contributed by atoms with E-state index in [1.807, 2.05) is 0 Å². The summed E-state index contributed by atoms with van der Waals surface area (Å²) < 4.78 is 24.8. The summed E-state index contributed by atoms with van der Waals surface area (Å²) in [6.07, 6.45) is 108. The number of hydrogen-bond acceptors (Lipinski definition) is 0. The Hall–Kier alpha value is -3.10. The van der Waals surface area contributed by atoms with Gasteiger partial charge in [0.1, 0.15) is 0 Å². The summed E-state index contributed by atoms with van der Waals surface area (Å²) in [6.45, 7) is 112. The molecule has 0 radical (unpaired) electrons. The fraction of sp³-hybridized carbons (Fsp3) is 0.860. The molecule has 1 atom stereocenters. The van der Waals surface area contributed by atoms with Crippen molar-refractivity contribution in [2.24, 2.45) is 70.9 Å². The van der Waals surface area contributed by atoms with Crippen LogP contribution in [0.2, 0.25) is 0 Å². The predicted molar refractivity (Wildman–Crippen MR) is 681 cm³/mol. The Morgan fingerprint density at radius 2 is 0.462 bits per heavy atom. The first kappa shape index (κ1) is 167. The molecule has 0 saturated carbocycles. The van der Waals surface area contributed by atoms with Crippen LogP contribution in [-0.2, 0) is 0 Å². The second-order valence-electron chi connectivity index (χ2n) is 57.6. The van der Waals surface area contributed by atoms with Crippen LogP contribution in [0, 0.1) is 94.6 Å². The molecular formula is C143H284F2. The van der Waals surface area contributed by atoms with Crippen molar-refractivity contribution >= 4 is 0 Å². The Bertz CT molecular complexity index is 2850. The summed E-state index contributed by atoms with van der Waals surface area (Å²) in [5, 5.41) is 0. The SMILES string of the molecule is CC(C)(C)CCCCCCC(C)(F)F.CC(C)=CCCC(C)CCC(C)(C)C.CC/C=C\CCC(C)(C)C.CC/C=C\CCCCC(C)(C)C.CCC/C=C\CCC(C)(C)C.CCCC#CCC(C)(C)C.CCCC/C=C\CCC(C)(C)C.CCCC/C=C\CCC(C)(C)C.CCCCC#CCCC(C)(C)C.CCCCC/C=C\CCC(C)(C)C.CCCCCC/C=C\CC(C)(C)C.CCCCCCCCC(C)(C)C. The Kier molecular flexibility index (Phi) is 126. The molecule has 1 unspecified atom stereocenters. The quantitative estimate of drug-likeness (QED) is 0.0323. The van der Waals surface area contributed by atoms with Crippen molar-refractivity contribution in [3.8, 4) is 23.7 Å². The van der Waals surface area contributed by atoms with Crippen molar-refractivity contribution in [3.63, 3.8) is 0 Å². The number of hydrogen-bond donors (Lipinski definition) is 0. The second-order valence-corrected chi connectivity index (χ2v) is 57.6. The van der Waals surface area contributed by atoms with Crippen molar-refractivity contribution in [2.45, 2.75) is 731 Å². The van der Waals surface area contributed by atoms with Crippen molar-refractivity contribution in [2.75, 3.05) is 0 Å². The zero-order valence-electron chi connectivity index (χ0n) is 111. The topological polar surface area (TPSA) is 0 Å². The molecule has 0 aliphatic heterocycles. The van der Waals surface area contributed by atoms with Crippen LogP contribution in [0.4, 0.5) is 8.78 Å². The highest BCUT2D eigenvalue weighted by molar-refractivity contribution is 5.01. The highest BCUT2D eigenvalue weighted by atomic mass is 19.3. The highest BCUT2D eigenvalue weighted by Crippen LogP contribution is 2.31. The molecule has 0 amide bonds. The van der Waals surface area contributed by atoms with E-state index in [-0.39, 0.29) is 6.42 Å². The van der Waals surface area contributed by atoms with E-state index in [2.05, 4.69) is 454 Å². The Morgan fingerprint density at radius 3 is 0.772 bits per heavy atom. The molecule has 145 heavy (non-hydrogen) atoms. The Balaban J connectivity index is -0.000000133. The maximum Gasteiger partial charge on any atom is 0.245 e. The van der Waals surface area contributed by atoms with E-state index in [9.17, 15) is 8.78 Å². The molecule has 0 fully saturated rings. The molecule has 0 bridgehead atoms. The second kappa shape index (κ2) is 109. The number of halogens is 2. The maximum absolute atomic E-state index is 12.4. The molecule has 0 heterocycles. The van der Waals surface area contributed by atoms with Gasteiger partial charge in [0.25, 0.3) is 0 Å². The van der Waals surface area contributed by atoms with Gasteiger partial charge in [-0.3, -0.25) is 0 Å². The van der Waals surface area contributed by atoms with Gasteiger partial charge in [-0.25, -0.2) is 8.78 Å². The summed E-state index contributed by atoms with van der Waals surface area (Å²) in [7, 11) is 0. The lowest BCUT2D eigenvalue weighted by Gasteiger charge is -2.20. The van der Waals surface area contributed by atoms with Gasteiger partial charge in [-0.05, 0) is 297 Å². The van der Waals surface area contributed by atoms with Crippen molar-refractivity contribution in [1.82, 2.24) is 0 Å². The van der Waals surface area contributed by atoms with E-state index in [4.69, 9.17) is 0 Å². The molecule has 0 aromatic rings. The van der Waals surface area contributed by atoms with E-state index in [1.165, 1.54) is 333 Å². The van der Waals surface area contributed by atoms with Crippen LogP contribution in [0.5, 0.6) is 0 Å². The molecule has 0 nitrogen and oxygen atoms in total. The number of unbranched alkanes of at least 4 members (excludes halogenated alkanes) is 25. The Labute approximate surface area is 924 Å². The molecule has 0 aliphatic carbocycles. The predicted octanol–water partition coefficient (Wildman–Crippen LogP) is 53.8. The van der Waals surface area contributed by atoms with Crippen LogP contribution in [0.3, 0.4) is 0 Å². The number of allylic oxidation sites excluding steroid dienone is 16. The first-order valence-electron chi connectivity index (χ1n) is 62.1. The number of alkyl halides is 2. The van der Waals surface area contributed by atoms with E-state index in [0.29, 0.717) is 71.4 Å². The van der Waals surface area contributed by atoms with Crippen LogP contribution >= 0.6 is 0 Å². The van der Waals surface area contributed by atoms with E-state index < -0.39 is 5.92 Å². The zero-order valence-corrected chi connectivity index (χ0v) is 111. The summed E-state index contributed by atoms with van der Waals surface area (Å²) in [6, 6.07) is 0. The summed E-state index contributed by atoms with van der Waals surface area (Å²) >= 11 is 0. The van der Waals surface area contributed by atoms with Crippen LogP contribution in [-0.4, -0.2) is 5.92 Å². The van der Waals surface area contributed by atoms with E-state index >= 15 is 0 Å². The minimum Gasteiger partial charge on any atom is -0.207 e. The highest BCUT2D eigenvalue weighted by Gasteiger charge is 2.21. The third-order valence-corrected chi connectivity index (χ3v) is 23.4. The molecule has 0 aliphatic rings. The fourth-order valence-electron chi connectivity index (χ4n) is 13.4. The molecule has 0 saturated heterocycles. The zero-order chi connectivity index (χ0) is 115. The summed E-state index contributed by atoms with van der Waals surface area (Å²) in [4.78, 5) is 0. The van der Waals surface area contributed by atoms with Gasteiger partial charge in [-0.2, -0.15) is 0 Å². The van der Waals surface area contributed by atoms with Gasteiger partial charge >= 0.3 is 0 Å². The lowest BCUT2D eigenvalue weighted by molar-refractivity contribution is 0.0103. The van der Waals surface area contributed by atoms with Gasteiger partial charge in [0, 0.05) is 32.1 Å². The minimum atomic E-state index is -2.47. The fourth-order valence-corrected chi connectivity index (χ4v) is 13.4. The van der Waals surface area contributed by atoms with Crippen LogP contribution < -0.4 is 0 Å². The first-order valence-corrected chi connectivity index (χ1v) is 62.1. The van der Waals surface area contributed by atoms with Crippen LogP contribution in [0.15, 0.2) is 96.7 Å². The summed E-state index contributed by atoms with van der Waals surface area (Å²) in [5.74, 6) is 11.2. The van der Waals surface area contributed by atoms with E-state index in [0.717, 1.165) is 51.4 Å². The Morgan fingerprint density at radius 1 is 0.200 bits per heavy atom. The molecule has 0 N–H and O–H groups in total. The van der Waals surface area contributed by atoms with Gasteiger partial charge in [0.05, 0.1) is 0 Å². The van der Waals surface area contributed by atoms with Gasteiger partial charge in [0.2, 0.25) is 5.92 Å². The molecule has 0 rings (SSSR count). The monoisotopic (exact) mass is 2040 g/mol. The smallest absolute Gasteiger partial charge is 0.207 e. The summed E-state index contributed by atoms with van der Waals surface area (Å²) in [5.41, 5.74) is 7.17. The van der Waals surface area contributed by atoms with Crippen LogP contribution in [0.25, 0.3) is 0 Å². The molecule has 870 valence electrons. The molecule has 0 spiro atoms. The van der Waals surface area contributed by atoms with Crippen LogP contribution in [0.1, 0.15) is 725 Å². The van der Waals surface area contributed by atoms with Crippen molar-refractivity contribution in [1.29, 1.82) is 0 Å². The average molecular weight is 2040 g/mol. The van der Waals surface area contributed by atoms with Crippen molar-refractivity contribution < 1.29 is 8.78 Å². The van der Waals surface area contributed by atoms with Gasteiger partial charge in [-0.1, -0.05) is 563 Å². The third-order valence-electron chi connectivity index (χ3n) is 23.4. The molecular weight excluding hydrogens is 1760 g/mol. The largest absolute Gasteiger partial charge is 0.245 e. The van der Waals surface area contributed by atoms with E-state index in [1.54, 1.807) is 0 Å². The maximum atomic E-state index is 12.4. The first-order chi connectivity index (χ1) is 66.6. The number of rotatable bonds is 55. The molecule has 0 aromatic heterocycles. The average Bonchev–Trinajstić information content (AvgIpc) is 0.952. The van der Waals surface area contributed by atoms with Crippen molar-refractivity contribution in [3.05, 3.63) is 96.7 Å². The third kappa shape index (κ3) is 238. The van der Waals surface area contributed by atoms with Gasteiger partial charge in [0.15, 0.2) is 0 Å². The lowest BCUT2D eigenvalue weighted by Crippen LogP contribution is -2.08. The molecule has 2 heteroatoms. The lowest BCUT2D eigenvalue weighted by atomic mass is 9.86. The van der Waals surface area contributed by atoms with Gasteiger partial charge < -0.3 is 0 Å². The normalized spacial score (nSPS) is 12.5. The standard InChI is InChI=1S/C14H28.2C13H26.C12H24F2.C12H26.3C12H24.C12H22.C11H22.C10H20.C10H18/c1-12(2)8-7-9-13(3)10-11-14(4,5)6;2*1-5-6-7-8-9-10-11-12-13(2,3)4;1-11(2,3)9-7-5-6-8-10-12(4,13)14;5*1-5-6-7-8-9-10-11-12(2,3)4;1-5-6-7-8-9-10-11(2,3)4;2*1-5-6-7-8-9-10(2,3)4/h8,13H,7,9-11H2,1-6H3;10-11H,5-9,12H2,1-4H3;9-10H,5-8,11-12H2,1-4H3;5-10H2,1-4H3;5-11H2,1-4H3;2*8-9H,5-7,10-11H2,1-4H3;6-7H,5,8-11H2,1-4H3;5-7,10-11H2,1-4H3;7-8H,5-6,9-10H2,1-4H3;6-7H,5,8-9H2,1-4H3;5-6,9H2,1-4H3/b;11-10-;10-9-;;;2*9-8-;7-6-;;8-7-;7-6-;. The molecule has 0 aromatic carbocycles.